The third-order valence-electron chi connectivity index (χ3n) is 2.38. The van der Waals surface area contributed by atoms with Crippen LogP contribution < -0.4 is 0 Å². The average Bonchev–Trinajstić information content (AvgIpc) is 2.55. The summed E-state index contributed by atoms with van der Waals surface area (Å²) in [5.41, 5.74) is 1.77. The lowest BCUT2D eigenvalue weighted by Crippen LogP contribution is -2.05. The van der Waals surface area contributed by atoms with Crippen molar-refractivity contribution in [2.45, 2.75) is 26.7 Å². The highest BCUT2D eigenvalue weighted by Crippen LogP contribution is 2.30. The number of carbonyl (C=O) groups is 1. The van der Waals surface area contributed by atoms with Crippen LogP contribution in [-0.2, 0) is 0 Å². The number of aromatic carboxylic acids is 1. The molecule has 1 N–H and O–H groups in total. The molecule has 2 aromatic heterocycles. The van der Waals surface area contributed by atoms with Gasteiger partial charge in [0.1, 0.15) is 10.3 Å². The molecule has 0 aliphatic rings. The van der Waals surface area contributed by atoms with Crippen molar-refractivity contribution >= 4 is 27.7 Å². The minimum absolute atomic E-state index is 0.123. The second-order valence-corrected chi connectivity index (χ2v) is 5.11. The van der Waals surface area contributed by atoms with Gasteiger partial charge in [-0.2, -0.15) is 0 Å². The van der Waals surface area contributed by atoms with Crippen molar-refractivity contribution in [3.63, 3.8) is 0 Å². The first-order valence-electron chi connectivity index (χ1n) is 5.00. The van der Waals surface area contributed by atoms with E-state index in [-0.39, 0.29) is 11.5 Å². The van der Waals surface area contributed by atoms with E-state index in [9.17, 15) is 4.79 Å². The van der Waals surface area contributed by atoms with Gasteiger partial charge in [-0.15, -0.1) is 0 Å². The van der Waals surface area contributed by atoms with Crippen molar-refractivity contribution in [1.29, 1.82) is 0 Å². The summed E-state index contributed by atoms with van der Waals surface area (Å²) in [6, 6.07) is 0. The maximum absolute atomic E-state index is 11.1. The van der Waals surface area contributed by atoms with Crippen molar-refractivity contribution < 1.29 is 9.90 Å². The predicted octanol–water partition coefficient (Wildman–Crippen LogP) is 2.82. The van der Waals surface area contributed by atoms with E-state index in [1.54, 1.807) is 0 Å². The fourth-order valence-electron chi connectivity index (χ4n) is 1.75. The molecule has 0 fully saturated rings. The van der Waals surface area contributed by atoms with Crippen LogP contribution in [0.4, 0.5) is 0 Å². The Bertz CT molecular complexity index is 560. The molecule has 0 aromatic carbocycles. The molecular weight excluding hydrogens is 224 g/mol. The Morgan fingerprint density at radius 3 is 2.75 bits per heavy atom. The fraction of sp³-hybridized carbons (Fsp3) is 0.364. The second-order valence-electron chi connectivity index (χ2n) is 3.93. The van der Waals surface area contributed by atoms with Crippen LogP contribution in [-0.4, -0.2) is 21.0 Å². The average molecular weight is 236 g/mol. The van der Waals surface area contributed by atoms with Gasteiger partial charge in [-0.1, -0.05) is 25.2 Å². The van der Waals surface area contributed by atoms with Gasteiger partial charge in [0.05, 0.1) is 10.6 Å². The Hall–Kier alpha value is -1.49. The van der Waals surface area contributed by atoms with Gasteiger partial charge in [0, 0.05) is 6.20 Å². The van der Waals surface area contributed by atoms with Crippen molar-refractivity contribution in [3.8, 4) is 0 Å². The molecule has 0 aliphatic heterocycles. The zero-order valence-electron chi connectivity index (χ0n) is 9.31. The summed E-state index contributed by atoms with van der Waals surface area (Å²) >= 11 is 1.49. The molecule has 2 aromatic rings. The van der Waals surface area contributed by atoms with Crippen LogP contribution in [0.2, 0.25) is 0 Å². The largest absolute Gasteiger partial charge is 0.478 e. The molecule has 0 saturated heterocycles. The molecule has 16 heavy (non-hydrogen) atoms. The molecule has 0 aliphatic carbocycles. The van der Waals surface area contributed by atoms with E-state index >= 15 is 0 Å². The molecule has 0 amide bonds. The molecule has 0 atom stereocenters. The standard InChI is InChI=1S/C11H12N2O2S/c1-5(2)8-7(11(14)15)4-12-10-9(8)13-6(3)16-10/h4-5H,1-3H3,(H,14,15). The van der Waals surface area contributed by atoms with E-state index in [1.807, 2.05) is 20.8 Å². The number of rotatable bonds is 2. The Morgan fingerprint density at radius 1 is 1.50 bits per heavy atom. The first kappa shape index (κ1) is 11.0. The van der Waals surface area contributed by atoms with Gasteiger partial charge in [0.2, 0.25) is 0 Å². The van der Waals surface area contributed by atoms with E-state index < -0.39 is 5.97 Å². The third-order valence-corrected chi connectivity index (χ3v) is 3.26. The number of fused-ring (bicyclic) bond motifs is 1. The highest BCUT2D eigenvalue weighted by atomic mass is 32.1. The number of carboxylic acid groups (broad SMARTS) is 1. The maximum atomic E-state index is 11.1. The molecule has 2 heterocycles. The van der Waals surface area contributed by atoms with Crippen LogP contribution in [0.3, 0.4) is 0 Å². The van der Waals surface area contributed by atoms with Crippen LogP contribution >= 0.6 is 11.3 Å². The predicted molar refractivity (Wildman–Crippen MR) is 63.2 cm³/mol. The lowest BCUT2D eigenvalue weighted by molar-refractivity contribution is 0.0695. The molecule has 0 radical (unpaired) electrons. The summed E-state index contributed by atoms with van der Waals surface area (Å²) in [5.74, 6) is -0.818. The number of hydrogen-bond donors (Lipinski definition) is 1. The van der Waals surface area contributed by atoms with Crippen molar-refractivity contribution in [1.82, 2.24) is 9.97 Å². The van der Waals surface area contributed by atoms with Crippen molar-refractivity contribution in [2.24, 2.45) is 0 Å². The number of aryl methyl sites for hydroxylation is 1. The second kappa shape index (κ2) is 3.83. The molecule has 0 unspecified atom stereocenters. The number of nitrogens with zero attached hydrogens (tertiary/aromatic N) is 2. The summed E-state index contributed by atoms with van der Waals surface area (Å²) in [5, 5.41) is 10.0. The van der Waals surface area contributed by atoms with Gasteiger partial charge in [0.15, 0.2) is 0 Å². The van der Waals surface area contributed by atoms with Gasteiger partial charge in [-0.3, -0.25) is 0 Å². The molecule has 2 rings (SSSR count). The number of aromatic nitrogens is 2. The van der Waals surface area contributed by atoms with Crippen LogP contribution in [0.5, 0.6) is 0 Å². The van der Waals surface area contributed by atoms with Crippen molar-refractivity contribution in [3.05, 3.63) is 22.3 Å². The van der Waals surface area contributed by atoms with E-state index in [2.05, 4.69) is 9.97 Å². The lowest BCUT2D eigenvalue weighted by Gasteiger charge is -2.09. The number of carboxylic acids is 1. The van der Waals surface area contributed by atoms with Crippen LogP contribution in [0.1, 0.15) is 40.7 Å². The molecule has 0 bridgehead atoms. The third kappa shape index (κ3) is 1.67. The summed E-state index contributed by atoms with van der Waals surface area (Å²) in [7, 11) is 0. The molecular formula is C11H12N2O2S. The molecule has 0 spiro atoms. The molecule has 0 saturated carbocycles. The van der Waals surface area contributed by atoms with E-state index in [0.717, 1.165) is 20.9 Å². The van der Waals surface area contributed by atoms with Crippen LogP contribution in [0.25, 0.3) is 10.3 Å². The highest BCUT2D eigenvalue weighted by molar-refractivity contribution is 7.18. The van der Waals surface area contributed by atoms with Gasteiger partial charge >= 0.3 is 5.97 Å². The zero-order valence-corrected chi connectivity index (χ0v) is 10.1. The number of thiazole rings is 1. The summed E-state index contributed by atoms with van der Waals surface area (Å²) in [6.45, 7) is 5.84. The van der Waals surface area contributed by atoms with Gasteiger partial charge in [-0.05, 0) is 18.4 Å². The van der Waals surface area contributed by atoms with E-state index in [1.165, 1.54) is 17.5 Å². The molecule has 4 nitrogen and oxygen atoms in total. The number of pyridine rings is 1. The number of hydrogen-bond acceptors (Lipinski definition) is 4. The SMILES string of the molecule is Cc1nc2c(C(C)C)c(C(=O)O)cnc2s1. The minimum atomic E-state index is -0.941. The molecule has 84 valence electrons. The van der Waals surface area contributed by atoms with Gasteiger partial charge in [-0.25, -0.2) is 14.8 Å². The Labute approximate surface area is 97.0 Å². The fourth-order valence-corrected chi connectivity index (χ4v) is 2.53. The summed E-state index contributed by atoms with van der Waals surface area (Å²) < 4.78 is 0. The minimum Gasteiger partial charge on any atom is -0.478 e. The quantitative estimate of drug-likeness (QED) is 0.870. The summed E-state index contributed by atoms with van der Waals surface area (Å²) in [6.07, 6.45) is 1.43. The van der Waals surface area contributed by atoms with Crippen molar-refractivity contribution in [2.75, 3.05) is 0 Å². The van der Waals surface area contributed by atoms with Gasteiger partial charge in [0.25, 0.3) is 0 Å². The highest BCUT2D eigenvalue weighted by Gasteiger charge is 2.19. The normalized spacial score (nSPS) is 11.2. The Kier molecular flexibility index (Phi) is 2.63. The Balaban J connectivity index is 2.83. The summed E-state index contributed by atoms with van der Waals surface area (Å²) in [4.78, 5) is 20.4. The Morgan fingerprint density at radius 2 is 2.19 bits per heavy atom. The topological polar surface area (TPSA) is 63.1 Å². The zero-order chi connectivity index (χ0) is 11.9. The monoisotopic (exact) mass is 236 g/mol. The first-order valence-corrected chi connectivity index (χ1v) is 5.81. The van der Waals surface area contributed by atoms with Crippen LogP contribution in [0, 0.1) is 6.92 Å². The lowest BCUT2D eigenvalue weighted by atomic mass is 9.98. The first-order chi connectivity index (χ1) is 7.50. The van der Waals surface area contributed by atoms with Gasteiger partial charge < -0.3 is 5.11 Å². The molecule has 5 heteroatoms. The van der Waals surface area contributed by atoms with E-state index in [4.69, 9.17) is 5.11 Å². The van der Waals surface area contributed by atoms with E-state index in [0.29, 0.717) is 0 Å². The smallest absolute Gasteiger partial charge is 0.337 e. The maximum Gasteiger partial charge on any atom is 0.337 e. The van der Waals surface area contributed by atoms with Crippen LogP contribution in [0.15, 0.2) is 6.20 Å².